The van der Waals surface area contributed by atoms with Crippen molar-refractivity contribution in [2.24, 2.45) is 0 Å². The van der Waals surface area contributed by atoms with E-state index in [1.165, 1.54) is 70.6 Å². The molecule has 0 aromatic heterocycles. The van der Waals surface area contributed by atoms with Crippen LogP contribution in [0.5, 0.6) is 0 Å². The molecule has 0 heteroatoms. The fourth-order valence-electron chi connectivity index (χ4n) is 1.92. The molecular weight excluding hydrogens is 192 g/mol. The molecule has 93 valence electrons. The molecule has 0 aliphatic heterocycles. The summed E-state index contributed by atoms with van der Waals surface area (Å²) in [7, 11) is 0. The van der Waals surface area contributed by atoms with E-state index in [0.717, 1.165) is 0 Å². The second-order valence-corrected chi connectivity index (χ2v) is 4.59. The number of rotatable bonds is 12. The van der Waals surface area contributed by atoms with Gasteiger partial charge in [-0.25, -0.2) is 0 Å². The van der Waals surface area contributed by atoms with Crippen LogP contribution in [0.2, 0.25) is 0 Å². The summed E-state index contributed by atoms with van der Waals surface area (Å²) in [5, 5.41) is 0. The Balaban J connectivity index is 2.93. The lowest BCUT2D eigenvalue weighted by Crippen LogP contribution is -1.81. The van der Waals surface area contributed by atoms with E-state index < -0.39 is 0 Å². The second-order valence-electron chi connectivity index (χ2n) is 4.59. The first-order valence-electron chi connectivity index (χ1n) is 7.12. The van der Waals surface area contributed by atoms with Crippen molar-refractivity contribution in [3.8, 4) is 0 Å². The molecule has 0 atom stereocenters. The van der Waals surface area contributed by atoms with Crippen molar-refractivity contribution in [3.05, 3.63) is 24.8 Å². The van der Waals surface area contributed by atoms with Gasteiger partial charge in [-0.15, -0.1) is 0 Å². The number of allylic oxidation sites excluding steroid dienone is 3. The van der Waals surface area contributed by atoms with Crippen LogP contribution in [0, 0.1) is 6.58 Å². The topological polar surface area (TPSA) is 0 Å². The Bertz CT molecular complexity index is 155. The van der Waals surface area contributed by atoms with Crippen molar-refractivity contribution in [1.29, 1.82) is 0 Å². The Hall–Kier alpha value is -0.520. The van der Waals surface area contributed by atoms with Gasteiger partial charge >= 0.3 is 0 Å². The molecule has 0 aromatic rings. The summed E-state index contributed by atoms with van der Waals surface area (Å²) in [4.78, 5) is 0. The van der Waals surface area contributed by atoms with Crippen LogP contribution in [0.25, 0.3) is 0 Å². The summed E-state index contributed by atoms with van der Waals surface area (Å²) in [5.74, 6) is 0. The molecule has 0 unspecified atom stereocenters. The molecule has 16 heavy (non-hydrogen) atoms. The van der Waals surface area contributed by atoms with Gasteiger partial charge in [-0.2, -0.15) is 0 Å². The van der Waals surface area contributed by atoms with E-state index in [1.807, 2.05) is 6.08 Å². The minimum atomic E-state index is 1.18. The molecule has 0 amide bonds. The van der Waals surface area contributed by atoms with Crippen LogP contribution in [0.15, 0.2) is 18.2 Å². The zero-order chi connectivity index (χ0) is 11.9. The van der Waals surface area contributed by atoms with Gasteiger partial charge in [-0.05, 0) is 12.8 Å². The molecular formula is C16H29. The van der Waals surface area contributed by atoms with Crippen LogP contribution in [0.3, 0.4) is 0 Å². The Morgan fingerprint density at radius 2 is 1.25 bits per heavy atom. The summed E-state index contributed by atoms with van der Waals surface area (Å²) in [6, 6.07) is 0. The number of hydrogen-bond acceptors (Lipinski definition) is 0. The highest BCUT2D eigenvalue weighted by atomic mass is 14.0. The van der Waals surface area contributed by atoms with Gasteiger partial charge in [0.25, 0.3) is 0 Å². The van der Waals surface area contributed by atoms with Crippen molar-refractivity contribution in [1.82, 2.24) is 0 Å². The lowest BCUT2D eigenvalue weighted by atomic mass is 10.1. The highest BCUT2D eigenvalue weighted by Crippen LogP contribution is 2.11. The Kier molecular flexibility index (Phi) is 14.0. The maximum atomic E-state index is 5.25. The highest BCUT2D eigenvalue weighted by molar-refractivity contribution is 4.95. The van der Waals surface area contributed by atoms with Crippen molar-refractivity contribution in [2.45, 2.75) is 77.6 Å². The van der Waals surface area contributed by atoms with Crippen LogP contribution in [0.1, 0.15) is 77.6 Å². The minimum absolute atomic E-state index is 1.18. The molecule has 0 aliphatic rings. The summed E-state index contributed by atoms with van der Waals surface area (Å²) in [6.07, 6.45) is 21.0. The monoisotopic (exact) mass is 221 g/mol. The Labute approximate surface area is 103 Å². The van der Waals surface area contributed by atoms with Gasteiger partial charge in [0.05, 0.1) is 0 Å². The van der Waals surface area contributed by atoms with Crippen LogP contribution >= 0.6 is 0 Å². The van der Waals surface area contributed by atoms with E-state index in [9.17, 15) is 0 Å². The molecule has 0 rings (SSSR count). The van der Waals surface area contributed by atoms with E-state index in [0.29, 0.717) is 0 Å². The first kappa shape index (κ1) is 15.5. The van der Waals surface area contributed by atoms with E-state index >= 15 is 0 Å². The standard InChI is InChI=1S/C16H29/c1-3-5-7-9-11-13-15-16-14-12-10-8-6-4-2/h1,3,5,7H,4,6,8-16H2,2H3. The summed E-state index contributed by atoms with van der Waals surface area (Å²) >= 11 is 0. The minimum Gasteiger partial charge on any atom is -0.0845 e. The predicted molar refractivity (Wildman–Crippen MR) is 74.5 cm³/mol. The van der Waals surface area contributed by atoms with Crippen LogP contribution in [0.4, 0.5) is 0 Å². The van der Waals surface area contributed by atoms with Crippen molar-refractivity contribution in [3.63, 3.8) is 0 Å². The fraction of sp³-hybridized carbons (Fsp3) is 0.750. The highest BCUT2D eigenvalue weighted by Gasteiger charge is 1.91. The lowest BCUT2D eigenvalue weighted by Gasteiger charge is -2.01. The Morgan fingerprint density at radius 1 is 0.750 bits per heavy atom. The molecule has 0 aliphatic carbocycles. The van der Waals surface area contributed by atoms with Crippen molar-refractivity contribution in [2.75, 3.05) is 0 Å². The molecule has 0 saturated heterocycles. The third-order valence-electron chi connectivity index (χ3n) is 2.97. The van der Waals surface area contributed by atoms with Gasteiger partial charge in [-0.1, -0.05) is 89.5 Å². The van der Waals surface area contributed by atoms with E-state index in [4.69, 9.17) is 6.58 Å². The van der Waals surface area contributed by atoms with Crippen LogP contribution < -0.4 is 0 Å². The van der Waals surface area contributed by atoms with Crippen LogP contribution in [-0.4, -0.2) is 0 Å². The summed E-state index contributed by atoms with van der Waals surface area (Å²) in [6.45, 7) is 7.52. The SMILES string of the molecule is [CH]=CC=CCCCCCCCCCCCC. The summed E-state index contributed by atoms with van der Waals surface area (Å²) in [5.41, 5.74) is 0. The molecule has 0 bridgehead atoms. The van der Waals surface area contributed by atoms with Gasteiger partial charge in [0.2, 0.25) is 0 Å². The first-order chi connectivity index (χ1) is 7.91. The van der Waals surface area contributed by atoms with E-state index in [1.54, 1.807) is 6.08 Å². The number of hydrogen-bond donors (Lipinski definition) is 0. The average molecular weight is 221 g/mol. The predicted octanol–water partition coefficient (Wildman–Crippen LogP) is 5.84. The second kappa shape index (κ2) is 14.5. The molecule has 0 N–H and O–H groups in total. The Morgan fingerprint density at radius 3 is 1.75 bits per heavy atom. The van der Waals surface area contributed by atoms with Crippen molar-refractivity contribution >= 4 is 0 Å². The molecule has 0 nitrogen and oxygen atoms in total. The quantitative estimate of drug-likeness (QED) is 0.287. The zero-order valence-electron chi connectivity index (χ0n) is 11.1. The fourth-order valence-corrected chi connectivity index (χ4v) is 1.92. The molecule has 0 spiro atoms. The van der Waals surface area contributed by atoms with Crippen LogP contribution in [-0.2, 0) is 0 Å². The summed E-state index contributed by atoms with van der Waals surface area (Å²) < 4.78 is 0. The zero-order valence-corrected chi connectivity index (χ0v) is 11.1. The maximum absolute atomic E-state index is 5.25. The third-order valence-corrected chi connectivity index (χ3v) is 2.97. The van der Waals surface area contributed by atoms with Gasteiger partial charge in [-0.3, -0.25) is 0 Å². The normalized spacial score (nSPS) is 11.1. The van der Waals surface area contributed by atoms with Gasteiger partial charge in [0.1, 0.15) is 0 Å². The maximum Gasteiger partial charge on any atom is -0.0348 e. The first-order valence-corrected chi connectivity index (χ1v) is 7.12. The van der Waals surface area contributed by atoms with Crippen molar-refractivity contribution < 1.29 is 0 Å². The van der Waals surface area contributed by atoms with Gasteiger partial charge in [0, 0.05) is 0 Å². The molecule has 0 fully saturated rings. The van der Waals surface area contributed by atoms with Gasteiger partial charge in [0.15, 0.2) is 0 Å². The molecule has 0 heterocycles. The molecule has 0 saturated carbocycles. The average Bonchev–Trinajstić information content (AvgIpc) is 2.31. The van der Waals surface area contributed by atoms with Gasteiger partial charge < -0.3 is 0 Å². The smallest absolute Gasteiger partial charge is 0.0348 e. The molecule has 1 radical (unpaired) electrons. The number of unbranched alkanes of at least 4 members (excludes halogenated alkanes) is 10. The van der Waals surface area contributed by atoms with E-state index in [-0.39, 0.29) is 0 Å². The van der Waals surface area contributed by atoms with E-state index in [2.05, 4.69) is 13.0 Å². The molecule has 0 aromatic carbocycles. The lowest BCUT2D eigenvalue weighted by molar-refractivity contribution is 0.557. The largest absolute Gasteiger partial charge is 0.0845 e. The third kappa shape index (κ3) is 13.5.